The molecule has 2 rings (SSSR count). The van der Waals surface area contributed by atoms with Crippen molar-refractivity contribution in [3.8, 4) is 0 Å². The average molecular weight is 267 g/mol. The molecule has 19 heavy (non-hydrogen) atoms. The van der Waals surface area contributed by atoms with Crippen molar-refractivity contribution in [3.05, 3.63) is 11.6 Å². The standard InChI is InChI=1S/C14H21NO4/c1-9(6-13(16)18-3)14(17)19-12-7-10-4-5-11(8-12)15(10)2/h6,10-12H,4-5,7-8H2,1-3H3/b9-6+/t10-,11+,12?. The zero-order valence-electron chi connectivity index (χ0n) is 11.7. The molecule has 0 saturated carbocycles. The SMILES string of the molecule is COC(=O)/C=C(\C)C(=O)OC1C[C@H]2CC[C@@H](C1)N2C. The molecule has 0 radical (unpaired) electrons. The summed E-state index contributed by atoms with van der Waals surface area (Å²) in [6.45, 7) is 1.57. The maximum Gasteiger partial charge on any atom is 0.334 e. The Labute approximate surface area is 113 Å². The molecule has 0 aromatic carbocycles. The molecule has 0 aromatic rings. The number of methoxy groups -OCH3 is 1. The van der Waals surface area contributed by atoms with Gasteiger partial charge in [0.25, 0.3) is 0 Å². The van der Waals surface area contributed by atoms with E-state index in [9.17, 15) is 9.59 Å². The molecule has 0 N–H and O–H groups in total. The Balaban J connectivity index is 1.90. The van der Waals surface area contributed by atoms with E-state index in [2.05, 4.69) is 16.7 Å². The third kappa shape index (κ3) is 3.15. The van der Waals surface area contributed by atoms with Gasteiger partial charge in [-0.15, -0.1) is 0 Å². The molecular weight excluding hydrogens is 246 g/mol. The van der Waals surface area contributed by atoms with Gasteiger partial charge >= 0.3 is 11.9 Å². The number of hydrogen-bond donors (Lipinski definition) is 0. The lowest BCUT2D eigenvalue weighted by atomic mass is 10.0. The van der Waals surface area contributed by atoms with Crippen LogP contribution in [0.2, 0.25) is 0 Å². The number of ether oxygens (including phenoxy) is 2. The first-order chi connectivity index (χ1) is 9.01. The minimum absolute atomic E-state index is 0.0257. The Kier molecular flexibility index (Phi) is 4.24. The Morgan fingerprint density at radius 2 is 1.79 bits per heavy atom. The summed E-state index contributed by atoms with van der Waals surface area (Å²) in [7, 11) is 3.43. The van der Waals surface area contributed by atoms with E-state index in [0.29, 0.717) is 12.1 Å². The second-order valence-corrected chi connectivity index (χ2v) is 5.40. The molecule has 2 saturated heterocycles. The lowest BCUT2D eigenvalue weighted by Gasteiger charge is -2.35. The molecule has 0 spiro atoms. The topological polar surface area (TPSA) is 55.8 Å². The molecule has 106 valence electrons. The van der Waals surface area contributed by atoms with Gasteiger partial charge in [0.05, 0.1) is 7.11 Å². The van der Waals surface area contributed by atoms with E-state index in [1.165, 1.54) is 26.0 Å². The van der Waals surface area contributed by atoms with Gasteiger partial charge in [-0.05, 0) is 26.8 Å². The van der Waals surface area contributed by atoms with Crippen LogP contribution in [0.4, 0.5) is 0 Å². The Morgan fingerprint density at radius 3 is 2.32 bits per heavy atom. The molecule has 3 atom stereocenters. The number of carbonyl (C=O) groups is 2. The number of rotatable bonds is 3. The van der Waals surface area contributed by atoms with Crippen molar-refractivity contribution >= 4 is 11.9 Å². The largest absolute Gasteiger partial charge is 0.466 e. The van der Waals surface area contributed by atoms with Gasteiger partial charge in [0.15, 0.2) is 0 Å². The predicted molar refractivity (Wildman–Crippen MR) is 69.5 cm³/mol. The molecule has 0 aromatic heterocycles. The van der Waals surface area contributed by atoms with E-state index in [4.69, 9.17) is 4.74 Å². The van der Waals surface area contributed by atoms with Gasteiger partial charge in [0.2, 0.25) is 0 Å². The van der Waals surface area contributed by atoms with Crippen molar-refractivity contribution in [3.63, 3.8) is 0 Å². The Bertz CT molecular complexity index is 390. The first-order valence-corrected chi connectivity index (χ1v) is 6.70. The van der Waals surface area contributed by atoms with Gasteiger partial charge in [-0.25, -0.2) is 9.59 Å². The van der Waals surface area contributed by atoms with E-state index in [0.717, 1.165) is 12.8 Å². The molecule has 1 unspecified atom stereocenters. The van der Waals surface area contributed by atoms with Crippen molar-refractivity contribution in [1.29, 1.82) is 0 Å². The first-order valence-electron chi connectivity index (χ1n) is 6.70. The van der Waals surface area contributed by atoms with Crippen LogP contribution in [-0.2, 0) is 19.1 Å². The summed E-state index contributed by atoms with van der Waals surface area (Å²) in [5, 5.41) is 0. The lowest BCUT2D eigenvalue weighted by Crippen LogP contribution is -2.43. The van der Waals surface area contributed by atoms with E-state index >= 15 is 0 Å². The lowest BCUT2D eigenvalue weighted by molar-refractivity contribution is -0.148. The second-order valence-electron chi connectivity index (χ2n) is 5.40. The molecular formula is C14H21NO4. The zero-order chi connectivity index (χ0) is 14.0. The van der Waals surface area contributed by atoms with Crippen LogP contribution in [0.3, 0.4) is 0 Å². The van der Waals surface area contributed by atoms with Gasteiger partial charge in [0, 0.05) is 36.6 Å². The van der Waals surface area contributed by atoms with Gasteiger partial charge < -0.3 is 14.4 Å². The fraction of sp³-hybridized carbons (Fsp3) is 0.714. The molecule has 2 aliphatic rings. The van der Waals surface area contributed by atoms with Crippen molar-refractivity contribution in [1.82, 2.24) is 4.90 Å². The van der Waals surface area contributed by atoms with E-state index in [-0.39, 0.29) is 11.7 Å². The highest BCUT2D eigenvalue weighted by Crippen LogP contribution is 2.35. The normalized spacial score (nSPS) is 31.1. The second kappa shape index (κ2) is 5.74. The van der Waals surface area contributed by atoms with Crippen LogP contribution in [0.15, 0.2) is 11.6 Å². The summed E-state index contributed by atoms with van der Waals surface area (Å²) in [5.41, 5.74) is 0.290. The van der Waals surface area contributed by atoms with Gasteiger partial charge in [-0.3, -0.25) is 0 Å². The summed E-state index contributed by atoms with van der Waals surface area (Å²) in [5.74, 6) is -0.947. The Hall–Kier alpha value is -1.36. The molecule has 5 heteroatoms. The maximum absolute atomic E-state index is 11.9. The smallest absolute Gasteiger partial charge is 0.334 e. The molecule has 2 fully saturated rings. The third-order valence-corrected chi connectivity index (χ3v) is 4.19. The molecule has 2 heterocycles. The van der Waals surface area contributed by atoms with Crippen LogP contribution >= 0.6 is 0 Å². The van der Waals surface area contributed by atoms with Crippen molar-refractivity contribution in [2.75, 3.05) is 14.2 Å². The number of esters is 2. The van der Waals surface area contributed by atoms with Crippen LogP contribution in [-0.4, -0.2) is 49.2 Å². The third-order valence-electron chi connectivity index (χ3n) is 4.19. The highest BCUT2D eigenvalue weighted by atomic mass is 16.5. The molecule has 0 aliphatic carbocycles. The van der Waals surface area contributed by atoms with Gasteiger partial charge in [-0.1, -0.05) is 0 Å². The van der Waals surface area contributed by atoms with E-state index in [1.54, 1.807) is 6.92 Å². The van der Waals surface area contributed by atoms with Crippen LogP contribution in [0.5, 0.6) is 0 Å². The fourth-order valence-electron chi connectivity index (χ4n) is 3.00. The highest BCUT2D eigenvalue weighted by molar-refractivity contribution is 5.95. The quantitative estimate of drug-likeness (QED) is 0.569. The summed E-state index contributed by atoms with van der Waals surface area (Å²) in [4.78, 5) is 25.3. The minimum Gasteiger partial charge on any atom is -0.466 e. The number of fused-ring (bicyclic) bond motifs is 2. The summed E-state index contributed by atoms with van der Waals surface area (Å²) < 4.78 is 9.98. The number of carbonyl (C=O) groups excluding carboxylic acids is 2. The number of nitrogens with zero attached hydrogens (tertiary/aromatic N) is 1. The van der Waals surface area contributed by atoms with Crippen molar-refractivity contribution in [2.45, 2.75) is 50.8 Å². The van der Waals surface area contributed by atoms with Crippen LogP contribution in [0.25, 0.3) is 0 Å². The van der Waals surface area contributed by atoms with E-state index < -0.39 is 11.9 Å². The number of hydrogen-bond acceptors (Lipinski definition) is 5. The molecule has 2 bridgehead atoms. The summed E-state index contributed by atoms with van der Waals surface area (Å²) in [6, 6.07) is 1.06. The summed E-state index contributed by atoms with van der Waals surface area (Å²) in [6.07, 6.45) is 5.31. The minimum atomic E-state index is -0.530. The van der Waals surface area contributed by atoms with Crippen molar-refractivity contribution in [2.24, 2.45) is 0 Å². The highest BCUT2D eigenvalue weighted by Gasteiger charge is 2.39. The van der Waals surface area contributed by atoms with Crippen LogP contribution < -0.4 is 0 Å². The Morgan fingerprint density at radius 1 is 1.21 bits per heavy atom. The monoisotopic (exact) mass is 267 g/mol. The first kappa shape index (κ1) is 14.1. The van der Waals surface area contributed by atoms with Crippen LogP contribution in [0, 0.1) is 0 Å². The summed E-state index contributed by atoms with van der Waals surface area (Å²) >= 11 is 0. The van der Waals surface area contributed by atoms with Crippen LogP contribution in [0.1, 0.15) is 32.6 Å². The molecule has 2 aliphatic heterocycles. The molecule has 0 amide bonds. The maximum atomic E-state index is 11.9. The fourth-order valence-corrected chi connectivity index (χ4v) is 3.00. The molecule has 5 nitrogen and oxygen atoms in total. The zero-order valence-corrected chi connectivity index (χ0v) is 11.7. The average Bonchev–Trinajstić information content (AvgIpc) is 2.61. The van der Waals surface area contributed by atoms with Gasteiger partial charge in [-0.2, -0.15) is 0 Å². The van der Waals surface area contributed by atoms with E-state index in [1.807, 2.05) is 0 Å². The number of piperidine rings is 1. The van der Waals surface area contributed by atoms with Gasteiger partial charge in [0.1, 0.15) is 6.10 Å². The predicted octanol–water partition coefficient (Wildman–Crippen LogP) is 1.27. The van der Waals surface area contributed by atoms with Crippen molar-refractivity contribution < 1.29 is 19.1 Å².